The quantitative estimate of drug-likeness (QED) is 0.859. The second kappa shape index (κ2) is 6.15. The minimum absolute atomic E-state index is 0.259. The van der Waals surface area contributed by atoms with Crippen molar-refractivity contribution in [2.24, 2.45) is 0 Å². The Kier molecular flexibility index (Phi) is 4.53. The zero-order chi connectivity index (χ0) is 13.8. The van der Waals surface area contributed by atoms with E-state index in [1.54, 1.807) is 0 Å². The number of aliphatic hydroxyl groups is 1. The van der Waals surface area contributed by atoms with Gasteiger partial charge in [0.2, 0.25) is 6.79 Å². The van der Waals surface area contributed by atoms with E-state index in [2.05, 4.69) is 13.8 Å². The summed E-state index contributed by atoms with van der Waals surface area (Å²) < 4.78 is 16.5. The van der Waals surface area contributed by atoms with Gasteiger partial charge in [-0.2, -0.15) is 0 Å². The third-order valence-corrected chi connectivity index (χ3v) is 3.18. The monoisotopic (exact) mass is 266 g/mol. The van der Waals surface area contributed by atoms with E-state index in [-0.39, 0.29) is 6.79 Å². The van der Waals surface area contributed by atoms with E-state index in [1.807, 2.05) is 19.1 Å². The Morgan fingerprint density at radius 2 is 1.95 bits per heavy atom. The Balaban J connectivity index is 2.14. The predicted octanol–water partition coefficient (Wildman–Crippen LogP) is 3.08. The molecule has 1 aromatic rings. The standard InChI is InChI=1S/C15H22O4/c1-4-5-11(16)8-17-13-7-15-14(18-9-19-15)6-12(13)10(2)3/h6-7,10-11,16H,4-5,8-9H2,1-3H3/t11-/m1/s1. The molecule has 0 fully saturated rings. The zero-order valence-electron chi connectivity index (χ0n) is 11.8. The number of hydrogen-bond donors (Lipinski definition) is 1. The van der Waals surface area contributed by atoms with E-state index in [0.717, 1.165) is 29.9 Å². The van der Waals surface area contributed by atoms with Crippen molar-refractivity contribution in [3.05, 3.63) is 17.7 Å². The van der Waals surface area contributed by atoms with Crippen molar-refractivity contribution in [2.45, 2.75) is 45.6 Å². The Labute approximate surface area is 114 Å². The number of ether oxygens (including phenoxy) is 3. The highest BCUT2D eigenvalue weighted by atomic mass is 16.7. The van der Waals surface area contributed by atoms with Gasteiger partial charge in [0.15, 0.2) is 11.5 Å². The first-order valence-corrected chi connectivity index (χ1v) is 6.86. The van der Waals surface area contributed by atoms with Crippen LogP contribution in [0.2, 0.25) is 0 Å². The van der Waals surface area contributed by atoms with E-state index in [4.69, 9.17) is 14.2 Å². The molecule has 1 heterocycles. The fourth-order valence-electron chi connectivity index (χ4n) is 2.12. The van der Waals surface area contributed by atoms with E-state index < -0.39 is 6.10 Å². The molecule has 0 aromatic heterocycles. The zero-order valence-corrected chi connectivity index (χ0v) is 11.8. The van der Waals surface area contributed by atoms with Gasteiger partial charge in [-0.25, -0.2) is 0 Å². The molecular formula is C15H22O4. The summed E-state index contributed by atoms with van der Waals surface area (Å²) in [7, 11) is 0. The molecule has 1 aromatic carbocycles. The van der Waals surface area contributed by atoms with Crippen LogP contribution in [0.5, 0.6) is 17.2 Å². The average molecular weight is 266 g/mol. The summed E-state index contributed by atoms with van der Waals surface area (Å²) >= 11 is 0. The molecule has 0 bridgehead atoms. The second-order valence-electron chi connectivity index (χ2n) is 5.15. The molecule has 1 aliphatic rings. The van der Waals surface area contributed by atoms with Crippen LogP contribution in [0.25, 0.3) is 0 Å². The van der Waals surface area contributed by atoms with Crippen LogP contribution in [-0.4, -0.2) is 24.6 Å². The van der Waals surface area contributed by atoms with E-state index in [1.165, 1.54) is 0 Å². The summed E-state index contributed by atoms with van der Waals surface area (Å²) in [6, 6.07) is 3.82. The lowest BCUT2D eigenvalue weighted by Gasteiger charge is -2.17. The maximum atomic E-state index is 9.75. The van der Waals surface area contributed by atoms with Gasteiger partial charge in [0, 0.05) is 11.6 Å². The molecule has 1 atom stereocenters. The number of rotatable bonds is 6. The molecule has 0 radical (unpaired) electrons. The second-order valence-corrected chi connectivity index (χ2v) is 5.15. The van der Waals surface area contributed by atoms with Crippen LogP contribution in [0.1, 0.15) is 45.1 Å². The van der Waals surface area contributed by atoms with Gasteiger partial charge in [-0.15, -0.1) is 0 Å². The lowest BCUT2D eigenvalue weighted by Crippen LogP contribution is -2.17. The lowest BCUT2D eigenvalue weighted by atomic mass is 10.0. The predicted molar refractivity (Wildman–Crippen MR) is 73.1 cm³/mol. The largest absolute Gasteiger partial charge is 0.490 e. The van der Waals surface area contributed by atoms with Crippen molar-refractivity contribution in [3.8, 4) is 17.2 Å². The normalized spacial score (nSPS) is 14.8. The van der Waals surface area contributed by atoms with Crippen LogP contribution in [0.15, 0.2) is 12.1 Å². The van der Waals surface area contributed by atoms with Crippen LogP contribution < -0.4 is 14.2 Å². The van der Waals surface area contributed by atoms with Crippen molar-refractivity contribution >= 4 is 0 Å². The fraction of sp³-hybridized carbons (Fsp3) is 0.600. The maximum Gasteiger partial charge on any atom is 0.231 e. The fourth-order valence-corrected chi connectivity index (χ4v) is 2.12. The van der Waals surface area contributed by atoms with Crippen molar-refractivity contribution in [2.75, 3.05) is 13.4 Å². The number of aliphatic hydroxyl groups excluding tert-OH is 1. The number of benzene rings is 1. The first-order valence-electron chi connectivity index (χ1n) is 6.86. The van der Waals surface area contributed by atoms with E-state index in [9.17, 15) is 5.11 Å². The summed E-state index contributed by atoms with van der Waals surface area (Å²) in [5.41, 5.74) is 1.08. The first-order chi connectivity index (χ1) is 9.11. The SMILES string of the molecule is CCC[C@@H](O)COc1cc2c(cc1C(C)C)OCO2. The maximum absolute atomic E-state index is 9.75. The van der Waals surface area contributed by atoms with Gasteiger partial charge in [-0.1, -0.05) is 27.2 Å². The Morgan fingerprint density at radius 1 is 1.26 bits per heavy atom. The van der Waals surface area contributed by atoms with E-state index in [0.29, 0.717) is 18.3 Å². The molecule has 1 aliphatic heterocycles. The lowest BCUT2D eigenvalue weighted by molar-refractivity contribution is 0.0985. The van der Waals surface area contributed by atoms with E-state index >= 15 is 0 Å². The minimum atomic E-state index is -0.421. The molecule has 0 amide bonds. The Bertz CT molecular complexity index is 428. The molecule has 4 nitrogen and oxygen atoms in total. The molecule has 4 heteroatoms. The number of hydrogen-bond acceptors (Lipinski definition) is 4. The Hall–Kier alpha value is -1.42. The van der Waals surface area contributed by atoms with Crippen LogP contribution in [0, 0.1) is 0 Å². The summed E-state index contributed by atoms with van der Waals surface area (Å²) in [4.78, 5) is 0. The van der Waals surface area contributed by atoms with Crippen molar-refractivity contribution in [1.82, 2.24) is 0 Å². The molecule has 1 N–H and O–H groups in total. The van der Waals surface area contributed by atoms with Gasteiger partial charge < -0.3 is 19.3 Å². The summed E-state index contributed by atoms with van der Waals surface area (Å²) in [6.45, 7) is 6.82. The third kappa shape index (κ3) is 3.32. The van der Waals surface area contributed by atoms with Crippen LogP contribution >= 0.6 is 0 Å². The average Bonchev–Trinajstić information content (AvgIpc) is 2.82. The van der Waals surface area contributed by atoms with Gasteiger partial charge in [0.25, 0.3) is 0 Å². The van der Waals surface area contributed by atoms with Gasteiger partial charge in [0.05, 0.1) is 6.10 Å². The minimum Gasteiger partial charge on any atom is -0.490 e. The molecule has 0 saturated carbocycles. The van der Waals surface area contributed by atoms with Crippen LogP contribution in [0.4, 0.5) is 0 Å². The highest BCUT2D eigenvalue weighted by Gasteiger charge is 2.20. The molecular weight excluding hydrogens is 244 g/mol. The highest BCUT2D eigenvalue weighted by molar-refractivity contribution is 5.52. The highest BCUT2D eigenvalue weighted by Crippen LogP contribution is 2.40. The summed E-state index contributed by atoms with van der Waals surface area (Å²) in [5, 5.41) is 9.75. The number of fused-ring (bicyclic) bond motifs is 1. The molecule has 0 spiro atoms. The first kappa shape index (κ1) is 14.0. The van der Waals surface area contributed by atoms with Crippen molar-refractivity contribution in [1.29, 1.82) is 0 Å². The molecule has 2 rings (SSSR count). The molecule has 0 unspecified atom stereocenters. The van der Waals surface area contributed by atoms with Crippen molar-refractivity contribution in [3.63, 3.8) is 0 Å². The third-order valence-electron chi connectivity index (χ3n) is 3.18. The van der Waals surface area contributed by atoms with Gasteiger partial charge in [0.1, 0.15) is 12.4 Å². The topological polar surface area (TPSA) is 47.9 Å². The molecule has 106 valence electrons. The van der Waals surface area contributed by atoms with Gasteiger partial charge >= 0.3 is 0 Å². The van der Waals surface area contributed by atoms with Gasteiger partial charge in [-0.05, 0) is 18.4 Å². The summed E-state index contributed by atoms with van der Waals surface area (Å²) in [5.74, 6) is 2.58. The molecule has 0 aliphatic carbocycles. The summed E-state index contributed by atoms with van der Waals surface area (Å²) in [6.07, 6.45) is 1.28. The molecule has 0 saturated heterocycles. The smallest absolute Gasteiger partial charge is 0.231 e. The van der Waals surface area contributed by atoms with Crippen molar-refractivity contribution < 1.29 is 19.3 Å². The Morgan fingerprint density at radius 3 is 2.58 bits per heavy atom. The van der Waals surface area contributed by atoms with Crippen LogP contribution in [-0.2, 0) is 0 Å². The molecule has 19 heavy (non-hydrogen) atoms. The van der Waals surface area contributed by atoms with Crippen LogP contribution in [0.3, 0.4) is 0 Å². The van der Waals surface area contributed by atoms with Gasteiger partial charge in [-0.3, -0.25) is 0 Å².